The average Bonchev–Trinajstić information content (AvgIpc) is 3.25. The summed E-state index contributed by atoms with van der Waals surface area (Å²) >= 11 is 0. The Labute approximate surface area is 396 Å². The lowest BCUT2D eigenvalue weighted by Crippen LogP contribution is -2.47. The number of hydrogen-bond donors (Lipinski definition) is 2. The highest BCUT2D eigenvalue weighted by atomic mass is 31.2. The van der Waals surface area contributed by atoms with Crippen LogP contribution in [0, 0.1) is 0 Å². The van der Waals surface area contributed by atoms with Crippen LogP contribution in [0.25, 0.3) is 0 Å². The van der Waals surface area contributed by atoms with Crippen LogP contribution in [0.5, 0.6) is 0 Å². The molecule has 0 aromatic carbocycles. The summed E-state index contributed by atoms with van der Waals surface area (Å²) in [4.78, 5) is 37.4. The maximum absolute atomic E-state index is 13.4. The molecule has 0 heterocycles. The molecule has 1 amide bonds. The van der Waals surface area contributed by atoms with Crippen molar-refractivity contribution < 1.29 is 37.3 Å². The van der Waals surface area contributed by atoms with E-state index in [4.69, 9.17) is 13.8 Å². The monoisotopic (exact) mass is 924 g/mol. The second-order valence-corrected chi connectivity index (χ2v) is 20.9. The highest BCUT2D eigenvalue weighted by molar-refractivity contribution is 7.47. The molecule has 2 N–H and O–H groups in total. The van der Waals surface area contributed by atoms with Gasteiger partial charge in [0.2, 0.25) is 5.91 Å². The minimum absolute atomic E-state index is 0.0329. The Morgan fingerprint density at radius 1 is 0.547 bits per heavy atom. The molecule has 0 aliphatic rings. The number of hydrogen-bond acceptors (Lipinski definition) is 6. The molecule has 0 bridgehead atoms. The number of esters is 1. The number of carbonyl (C=O) groups excluding carboxylic acids is 2. The maximum atomic E-state index is 13.4. The zero-order chi connectivity index (χ0) is 47.3. The molecule has 0 aromatic rings. The molecule has 0 spiro atoms. The Balaban J connectivity index is 5.48. The fourth-order valence-corrected chi connectivity index (χ4v) is 8.37. The Morgan fingerprint density at radius 3 is 1.44 bits per heavy atom. The first-order valence-corrected chi connectivity index (χ1v) is 28.3. The van der Waals surface area contributed by atoms with Crippen LogP contribution in [-0.4, -0.2) is 74.3 Å². The molecular weight excluding hydrogens is 820 g/mol. The summed E-state index contributed by atoms with van der Waals surface area (Å²) in [5.41, 5.74) is 0. The van der Waals surface area contributed by atoms with E-state index >= 15 is 0 Å². The van der Waals surface area contributed by atoms with Gasteiger partial charge in [-0.25, -0.2) is 4.57 Å². The first-order valence-electron chi connectivity index (χ1n) is 26.8. The third-order valence-corrected chi connectivity index (χ3v) is 12.8. The van der Waals surface area contributed by atoms with Crippen LogP contribution in [0.3, 0.4) is 0 Å². The van der Waals surface area contributed by atoms with Crippen LogP contribution >= 0.6 is 7.82 Å². The summed E-state index contributed by atoms with van der Waals surface area (Å²) in [5, 5.41) is 3.00. The number of rotatable bonds is 48. The smallest absolute Gasteiger partial charge is 0.456 e. The van der Waals surface area contributed by atoms with Crippen molar-refractivity contribution in [2.45, 2.75) is 258 Å². The average molecular weight is 924 g/mol. The van der Waals surface area contributed by atoms with E-state index in [0.29, 0.717) is 17.4 Å². The lowest BCUT2D eigenvalue weighted by Gasteiger charge is -2.27. The van der Waals surface area contributed by atoms with Crippen molar-refractivity contribution in [3.05, 3.63) is 36.5 Å². The van der Waals surface area contributed by atoms with Gasteiger partial charge < -0.3 is 19.4 Å². The molecule has 3 unspecified atom stereocenters. The highest BCUT2D eigenvalue weighted by Crippen LogP contribution is 2.43. The number of amides is 1. The van der Waals surface area contributed by atoms with Crippen molar-refractivity contribution in [3.63, 3.8) is 0 Å². The predicted octanol–water partition coefficient (Wildman–Crippen LogP) is 15.6. The van der Waals surface area contributed by atoms with Gasteiger partial charge in [0, 0.05) is 12.8 Å². The standard InChI is InChI=1S/C54H103N2O7P/c1-7-10-13-16-19-22-25-28-31-34-37-40-43-46-53(57)55-51(50-62-64(59,60)61-49-48-56(4,5)6)52(45-42-39-36-33-30-27-24-21-18-15-12-9-3)63-54(58)47-44-41-38-35-32-29-26-23-20-17-14-11-8-2/h28,31,37,40,42,45,51-52H,7-27,29-30,32-36,38-39,41,43-44,46-50H2,1-6H3,(H-,55,57,59,60)/p+1/b31-28-,40-37+,45-42+. The van der Waals surface area contributed by atoms with E-state index in [2.05, 4.69) is 44.3 Å². The molecule has 0 aliphatic carbocycles. The Kier molecular flexibility index (Phi) is 43.8. The second-order valence-electron chi connectivity index (χ2n) is 19.4. The molecule has 0 rings (SSSR count). The quantitative estimate of drug-likeness (QED) is 0.0206. The highest BCUT2D eigenvalue weighted by Gasteiger charge is 2.30. The lowest BCUT2D eigenvalue weighted by atomic mass is 10.0. The van der Waals surface area contributed by atoms with Gasteiger partial charge >= 0.3 is 13.8 Å². The van der Waals surface area contributed by atoms with Gasteiger partial charge in [-0.15, -0.1) is 0 Å². The number of carbonyl (C=O) groups is 2. The summed E-state index contributed by atoms with van der Waals surface area (Å²) in [6, 6.07) is -0.872. The van der Waals surface area contributed by atoms with Gasteiger partial charge in [-0.3, -0.25) is 18.6 Å². The van der Waals surface area contributed by atoms with Gasteiger partial charge in [0.25, 0.3) is 0 Å². The van der Waals surface area contributed by atoms with Gasteiger partial charge in [-0.05, 0) is 51.0 Å². The number of likely N-dealkylation sites (N-methyl/N-ethyl adjacent to an activating group) is 1. The van der Waals surface area contributed by atoms with Crippen LogP contribution in [0.1, 0.15) is 245 Å². The summed E-state index contributed by atoms with van der Waals surface area (Å²) in [7, 11) is 1.47. The summed E-state index contributed by atoms with van der Waals surface area (Å²) < 4.78 is 30.5. The molecule has 0 aromatic heterocycles. The number of nitrogens with one attached hydrogen (secondary N) is 1. The number of phosphoric acid groups is 1. The zero-order valence-corrected chi connectivity index (χ0v) is 43.7. The number of phosphoric ester groups is 1. The molecule has 0 fully saturated rings. The van der Waals surface area contributed by atoms with Crippen LogP contribution in [0.15, 0.2) is 36.5 Å². The normalized spacial score (nSPS) is 14.2. The molecule has 9 nitrogen and oxygen atoms in total. The van der Waals surface area contributed by atoms with E-state index in [0.717, 1.165) is 51.4 Å². The molecule has 376 valence electrons. The molecule has 64 heavy (non-hydrogen) atoms. The largest absolute Gasteiger partial charge is 0.472 e. The summed E-state index contributed by atoms with van der Waals surface area (Å²) in [6.45, 7) is 6.95. The predicted molar refractivity (Wildman–Crippen MR) is 272 cm³/mol. The van der Waals surface area contributed by atoms with E-state index in [9.17, 15) is 19.0 Å². The van der Waals surface area contributed by atoms with E-state index in [1.54, 1.807) is 0 Å². The van der Waals surface area contributed by atoms with Gasteiger partial charge in [-0.1, -0.05) is 218 Å². The topological polar surface area (TPSA) is 111 Å². The number of nitrogens with zero attached hydrogens (tertiary/aromatic N) is 1. The van der Waals surface area contributed by atoms with Crippen molar-refractivity contribution in [2.75, 3.05) is 40.9 Å². The fourth-order valence-electron chi connectivity index (χ4n) is 7.64. The second kappa shape index (κ2) is 45.0. The summed E-state index contributed by atoms with van der Waals surface area (Å²) in [6.07, 6.45) is 51.5. The van der Waals surface area contributed by atoms with E-state index in [1.807, 2.05) is 39.4 Å². The van der Waals surface area contributed by atoms with Crippen LogP contribution in [0.4, 0.5) is 0 Å². The molecule has 3 atom stereocenters. The molecule has 0 saturated carbocycles. The van der Waals surface area contributed by atoms with Crippen LogP contribution < -0.4 is 5.32 Å². The number of unbranched alkanes of at least 4 members (excludes halogenated alkanes) is 28. The number of allylic oxidation sites excluding steroid dienone is 5. The van der Waals surface area contributed by atoms with Gasteiger partial charge in [0.1, 0.15) is 19.3 Å². The van der Waals surface area contributed by atoms with Crippen molar-refractivity contribution >= 4 is 19.7 Å². The van der Waals surface area contributed by atoms with E-state index < -0.39 is 20.0 Å². The van der Waals surface area contributed by atoms with Crippen molar-refractivity contribution in [3.8, 4) is 0 Å². The van der Waals surface area contributed by atoms with Crippen LogP contribution in [0.2, 0.25) is 0 Å². The Hall–Kier alpha value is -1.77. The van der Waals surface area contributed by atoms with E-state index in [-0.39, 0.29) is 37.9 Å². The first-order chi connectivity index (χ1) is 30.9. The first kappa shape index (κ1) is 62.2. The molecular formula is C54H104N2O7P+. The van der Waals surface area contributed by atoms with Crippen LogP contribution in [-0.2, 0) is 27.9 Å². The fraction of sp³-hybridized carbons (Fsp3) is 0.852. The Bertz CT molecular complexity index is 1200. The molecule has 0 aliphatic heterocycles. The third kappa shape index (κ3) is 45.4. The zero-order valence-electron chi connectivity index (χ0n) is 42.8. The van der Waals surface area contributed by atoms with Crippen molar-refractivity contribution in [1.29, 1.82) is 0 Å². The number of ether oxygens (including phenoxy) is 1. The van der Waals surface area contributed by atoms with E-state index in [1.165, 1.54) is 154 Å². The maximum Gasteiger partial charge on any atom is 0.472 e. The summed E-state index contributed by atoms with van der Waals surface area (Å²) in [5.74, 6) is -0.578. The lowest BCUT2D eigenvalue weighted by molar-refractivity contribution is -0.870. The molecule has 0 radical (unpaired) electrons. The SMILES string of the molecule is CCCCCCCC/C=C\C/C=C/CCC(=O)NC(COP(=O)(O)OCC[N+](C)(C)C)C(/C=C/CCCCCCCCCCCC)OC(=O)CCCCCCCCCCCCCCC. The third-order valence-electron chi connectivity index (χ3n) is 11.8. The van der Waals surface area contributed by atoms with Gasteiger partial charge in [0.05, 0.1) is 33.8 Å². The van der Waals surface area contributed by atoms with Crippen molar-refractivity contribution in [1.82, 2.24) is 5.32 Å². The molecule has 0 saturated heterocycles. The van der Waals surface area contributed by atoms with Crippen molar-refractivity contribution in [2.24, 2.45) is 0 Å². The number of quaternary nitrogens is 1. The molecule has 10 heteroatoms. The van der Waals surface area contributed by atoms with Gasteiger partial charge in [-0.2, -0.15) is 0 Å². The van der Waals surface area contributed by atoms with Gasteiger partial charge in [0.15, 0.2) is 0 Å². The minimum atomic E-state index is -4.45. The minimum Gasteiger partial charge on any atom is -0.456 e. The Morgan fingerprint density at radius 2 is 0.969 bits per heavy atom.